The third-order valence-electron chi connectivity index (χ3n) is 3.11. The molecule has 0 saturated heterocycles. The summed E-state index contributed by atoms with van der Waals surface area (Å²) >= 11 is 0. The fraction of sp³-hybridized carbons (Fsp3) is 0.429. The number of amides is 1. The standard InChI is InChI=1S/C14H17NO3/c1-9(2)7-13(16)15-11-6-4-3-5-10(11)8-12(15)14(17)18/h3-6,9,12H,7-8H2,1-2H3,(H,17,18)/t12-/m0/s1. The first kappa shape index (κ1) is 12.6. The van der Waals surface area contributed by atoms with Gasteiger partial charge in [-0.25, -0.2) is 4.79 Å². The lowest BCUT2D eigenvalue weighted by Gasteiger charge is -2.23. The number of carbonyl (C=O) groups excluding carboxylic acids is 1. The summed E-state index contributed by atoms with van der Waals surface area (Å²) in [6.07, 6.45) is 0.771. The molecule has 1 aliphatic heterocycles. The van der Waals surface area contributed by atoms with Crippen LogP contribution in [0, 0.1) is 5.92 Å². The highest BCUT2D eigenvalue weighted by atomic mass is 16.4. The van der Waals surface area contributed by atoms with E-state index in [1.54, 1.807) is 0 Å². The van der Waals surface area contributed by atoms with Crippen LogP contribution in [-0.4, -0.2) is 23.0 Å². The van der Waals surface area contributed by atoms with Crippen molar-refractivity contribution in [2.24, 2.45) is 5.92 Å². The molecule has 1 aromatic carbocycles. The van der Waals surface area contributed by atoms with Crippen LogP contribution in [0.1, 0.15) is 25.8 Å². The second-order valence-electron chi connectivity index (χ2n) is 5.05. The molecule has 0 fully saturated rings. The molecule has 1 amide bonds. The number of carbonyl (C=O) groups is 2. The van der Waals surface area contributed by atoms with E-state index in [1.165, 1.54) is 4.90 Å². The highest BCUT2D eigenvalue weighted by Crippen LogP contribution is 2.33. The van der Waals surface area contributed by atoms with Gasteiger partial charge < -0.3 is 5.11 Å². The molecule has 1 atom stereocenters. The summed E-state index contributed by atoms with van der Waals surface area (Å²) in [6.45, 7) is 3.91. The van der Waals surface area contributed by atoms with Gasteiger partial charge in [0.2, 0.25) is 5.91 Å². The molecule has 0 bridgehead atoms. The average Bonchev–Trinajstić information content (AvgIpc) is 2.67. The molecule has 4 nitrogen and oxygen atoms in total. The fourth-order valence-corrected chi connectivity index (χ4v) is 2.34. The highest BCUT2D eigenvalue weighted by Gasteiger charge is 2.37. The molecular formula is C14H17NO3. The number of aliphatic carboxylic acids is 1. The van der Waals surface area contributed by atoms with Crippen molar-refractivity contribution in [2.75, 3.05) is 4.90 Å². The zero-order chi connectivity index (χ0) is 13.3. The normalized spacial score (nSPS) is 17.9. The van der Waals surface area contributed by atoms with Crippen molar-refractivity contribution in [3.05, 3.63) is 29.8 Å². The summed E-state index contributed by atoms with van der Waals surface area (Å²) in [5, 5.41) is 9.24. The number of hydrogen-bond acceptors (Lipinski definition) is 2. The molecule has 18 heavy (non-hydrogen) atoms. The van der Waals surface area contributed by atoms with E-state index in [0.717, 1.165) is 11.3 Å². The van der Waals surface area contributed by atoms with E-state index in [9.17, 15) is 14.7 Å². The van der Waals surface area contributed by atoms with E-state index in [-0.39, 0.29) is 11.8 Å². The Balaban J connectivity index is 2.34. The first-order valence-electron chi connectivity index (χ1n) is 6.13. The Bertz CT molecular complexity index is 482. The van der Waals surface area contributed by atoms with Crippen molar-refractivity contribution < 1.29 is 14.7 Å². The quantitative estimate of drug-likeness (QED) is 0.889. The summed E-state index contributed by atoms with van der Waals surface area (Å²) in [5.41, 5.74) is 1.68. The van der Waals surface area contributed by atoms with Gasteiger partial charge in [0.1, 0.15) is 6.04 Å². The van der Waals surface area contributed by atoms with E-state index >= 15 is 0 Å². The maximum absolute atomic E-state index is 12.2. The van der Waals surface area contributed by atoms with Crippen LogP contribution in [0.25, 0.3) is 0 Å². The average molecular weight is 247 g/mol. The Labute approximate surface area is 106 Å². The number of para-hydroxylation sites is 1. The second kappa shape index (κ2) is 4.80. The molecule has 0 aromatic heterocycles. The maximum Gasteiger partial charge on any atom is 0.327 e. The predicted molar refractivity (Wildman–Crippen MR) is 68.5 cm³/mol. The van der Waals surface area contributed by atoms with Crippen LogP contribution in [0.2, 0.25) is 0 Å². The van der Waals surface area contributed by atoms with Gasteiger partial charge in [0.15, 0.2) is 0 Å². The number of carboxylic acids is 1. The van der Waals surface area contributed by atoms with Crippen LogP contribution in [-0.2, 0) is 16.0 Å². The smallest absolute Gasteiger partial charge is 0.327 e. The molecule has 0 radical (unpaired) electrons. The van der Waals surface area contributed by atoms with Gasteiger partial charge in [-0.1, -0.05) is 32.0 Å². The summed E-state index contributed by atoms with van der Waals surface area (Å²) in [4.78, 5) is 24.9. The van der Waals surface area contributed by atoms with Gasteiger partial charge in [-0.05, 0) is 17.5 Å². The van der Waals surface area contributed by atoms with Gasteiger partial charge in [-0.3, -0.25) is 9.69 Å². The predicted octanol–water partition coefficient (Wildman–Crippen LogP) is 2.08. The van der Waals surface area contributed by atoms with Crippen LogP contribution in [0.4, 0.5) is 5.69 Å². The monoisotopic (exact) mass is 247 g/mol. The minimum atomic E-state index is -0.941. The number of anilines is 1. The van der Waals surface area contributed by atoms with Crippen molar-refractivity contribution >= 4 is 17.6 Å². The molecule has 1 aromatic rings. The maximum atomic E-state index is 12.2. The molecule has 1 N–H and O–H groups in total. The lowest BCUT2D eigenvalue weighted by Crippen LogP contribution is -2.43. The number of rotatable bonds is 3. The van der Waals surface area contributed by atoms with Gasteiger partial charge in [0.25, 0.3) is 0 Å². The number of hydrogen-bond donors (Lipinski definition) is 1. The largest absolute Gasteiger partial charge is 0.480 e. The Morgan fingerprint density at radius 2 is 2.06 bits per heavy atom. The number of fused-ring (bicyclic) bond motifs is 1. The first-order valence-corrected chi connectivity index (χ1v) is 6.13. The molecule has 2 rings (SSSR count). The summed E-state index contributed by atoms with van der Waals surface area (Å²) < 4.78 is 0. The van der Waals surface area contributed by atoms with Gasteiger partial charge in [-0.15, -0.1) is 0 Å². The van der Waals surface area contributed by atoms with E-state index in [2.05, 4.69) is 0 Å². The van der Waals surface area contributed by atoms with Crippen LogP contribution in [0.15, 0.2) is 24.3 Å². The second-order valence-corrected chi connectivity index (χ2v) is 5.05. The molecular weight excluding hydrogens is 230 g/mol. The zero-order valence-corrected chi connectivity index (χ0v) is 10.6. The topological polar surface area (TPSA) is 57.6 Å². The number of nitrogens with zero attached hydrogens (tertiary/aromatic N) is 1. The van der Waals surface area contributed by atoms with E-state index in [4.69, 9.17) is 0 Å². The van der Waals surface area contributed by atoms with Gasteiger partial charge in [0, 0.05) is 18.5 Å². The Hall–Kier alpha value is -1.84. The third kappa shape index (κ3) is 2.23. The Morgan fingerprint density at radius 3 is 2.67 bits per heavy atom. The van der Waals surface area contributed by atoms with Crippen LogP contribution in [0.5, 0.6) is 0 Å². The van der Waals surface area contributed by atoms with Crippen LogP contribution in [0.3, 0.4) is 0 Å². The minimum Gasteiger partial charge on any atom is -0.480 e. The van der Waals surface area contributed by atoms with Gasteiger partial charge in [-0.2, -0.15) is 0 Å². The molecule has 4 heteroatoms. The first-order chi connectivity index (χ1) is 8.50. The van der Waals surface area contributed by atoms with Crippen molar-refractivity contribution in [3.63, 3.8) is 0 Å². The van der Waals surface area contributed by atoms with Gasteiger partial charge >= 0.3 is 5.97 Å². The SMILES string of the molecule is CC(C)CC(=O)N1c2ccccc2C[C@H]1C(=O)O. The fourth-order valence-electron chi connectivity index (χ4n) is 2.34. The van der Waals surface area contributed by atoms with Crippen molar-refractivity contribution in [3.8, 4) is 0 Å². The Morgan fingerprint density at radius 1 is 1.39 bits per heavy atom. The summed E-state index contributed by atoms with van der Waals surface area (Å²) in [6, 6.07) is 6.64. The lowest BCUT2D eigenvalue weighted by atomic mass is 10.1. The molecule has 0 unspecified atom stereocenters. The van der Waals surface area contributed by atoms with Crippen molar-refractivity contribution in [1.29, 1.82) is 0 Å². The summed E-state index contributed by atoms with van der Waals surface area (Å²) in [5.74, 6) is -0.828. The summed E-state index contributed by atoms with van der Waals surface area (Å²) in [7, 11) is 0. The van der Waals surface area contributed by atoms with Gasteiger partial charge in [0.05, 0.1) is 0 Å². The number of carboxylic acid groups (broad SMARTS) is 1. The van der Waals surface area contributed by atoms with Crippen molar-refractivity contribution in [2.45, 2.75) is 32.7 Å². The minimum absolute atomic E-state index is 0.109. The molecule has 0 saturated carbocycles. The molecule has 1 heterocycles. The number of benzene rings is 1. The van der Waals surface area contributed by atoms with Crippen LogP contribution >= 0.6 is 0 Å². The zero-order valence-electron chi connectivity index (χ0n) is 10.6. The van der Waals surface area contributed by atoms with Crippen LogP contribution < -0.4 is 4.90 Å². The Kier molecular flexibility index (Phi) is 3.36. The molecule has 0 spiro atoms. The van der Waals surface area contributed by atoms with E-state index < -0.39 is 12.0 Å². The third-order valence-corrected chi connectivity index (χ3v) is 3.11. The molecule has 96 valence electrons. The lowest BCUT2D eigenvalue weighted by molar-refractivity contribution is -0.140. The van der Waals surface area contributed by atoms with E-state index in [1.807, 2.05) is 38.1 Å². The highest BCUT2D eigenvalue weighted by molar-refractivity contribution is 6.01. The molecule has 0 aliphatic carbocycles. The molecule has 1 aliphatic rings. The van der Waals surface area contributed by atoms with Crippen molar-refractivity contribution in [1.82, 2.24) is 0 Å². The van der Waals surface area contributed by atoms with E-state index in [0.29, 0.717) is 12.8 Å².